The number of carbonyl (C=O) groups is 4. The number of rotatable bonds is 7. The van der Waals surface area contributed by atoms with E-state index in [9.17, 15) is 37.1 Å². The molecule has 0 bridgehead atoms. The van der Waals surface area contributed by atoms with E-state index in [1.54, 1.807) is 6.92 Å². The third kappa shape index (κ3) is 6.49. The van der Waals surface area contributed by atoms with Crippen molar-refractivity contribution in [2.45, 2.75) is 62.0 Å². The topological polar surface area (TPSA) is 115 Å². The van der Waals surface area contributed by atoms with Crippen molar-refractivity contribution in [1.82, 2.24) is 4.57 Å². The van der Waals surface area contributed by atoms with Gasteiger partial charge in [-0.05, 0) is 59.9 Å². The molecule has 2 aliphatic rings. The number of aromatic nitrogens is 1. The van der Waals surface area contributed by atoms with Gasteiger partial charge in [-0.3, -0.25) is 23.7 Å². The number of nitrogens with zero attached hydrogens (tertiary/aromatic N) is 2. The molecule has 2 aliphatic heterocycles. The molecule has 1 saturated heterocycles. The van der Waals surface area contributed by atoms with Gasteiger partial charge < -0.3 is 10.1 Å². The van der Waals surface area contributed by atoms with Crippen molar-refractivity contribution in [2.24, 2.45) is 5.92 Å². The van der Waals surface area contributed by atoms with E-state index in [4.69, 9.17) is 4.74 Å². The first-order chi connectivity index (χ1) is 23.6. The van der Waals surface area contributed by atoms with Crippen LogP contribution in [0.5, 0.6) is 0 Å². The molecule has 0 saturated carbocycles. The Morgan fingerprint density at radius 1 is 0.900 bits per heavy atom. The van der Waals surface area contributed by atoms with Crippen molar-refractivity contribution in [3.05, 3.63) is 110 Å². The van der Waals surface area contributed by atoms with Gasteiger partial charge in [0.05, 0.1) is 40.1 Å². The van der Waals surface area contributed by atoms with Gasteiger partial charge in [0, 0.05) is 10.8 Å². The molecule has 6 rings (SSSR count). The predicted molar refractivity (Wildman–Crippen MR) is 184 cm³/mol. The van der Waals surface area contributed by atoms with Crippen LogP contribution in [0.4, 0.5) is 24.5 Å². The molecule has 1 aromatic heterocycles. The van der Waals surface area contributed by atoms with Crippen LogP contribution in [0.2, 0.25) is 0 Å². The van der Waals surface area contributed by atoms with Gasteiger partial charge in [0.15, 0.2) is 0 Å². The molecule has 260 valence electrons. The number of nitrogens with one attached hydrogen (secondary N) is 1. The average molecular weight is 724 g/mol. The molecule has 14 heteroatoms. The maximum absolute atomic E-state index is 14.2. The Labute approximate surface area is 293 Å². The number of carbonyl (C=O) groups excluding carboxylic acids is 4. The monoisotopic (exact) mass is 723 g/mol. The summed E-state index contributed by atoms with van der Waals surface area (Å²) in [5.74, 6) is -4.09. The molecule has 3 amide bonds. The fourth-order valence-electron chi connectivity index (χ4n) is 6.19. The highest BCUT2D eigenvalue weighted by Crippen LogP contribution is 2.54. The Kier molecular flexibility index (Phi) is 9.29. The van der Waals surface area contributed by atoms with Crippen LogP contribution in [0.15, 0.2) is 82.6 Å². The highest BCUT2D eigenvalue weighted by molar-refractivity contribution is 8.00. The molecule has 0 spiro atoms. The average Bonchev–Trinajstić information content (AvgIpc) is 3.50. The van der Waals surface area contributed by atoms with Gasteiger partial charge in [-0.25, -0.2) is 9.69 Å². The number of thiazole rings is 1. The molecule has 1 N–H and O–H groups in total. The summed E-state index contributed by atoms with van der Waals surface area (Å²) in [6, 6.07) is 18.1. The van der Waals surface area contributed by atoms with E-state index in [0.717, 1.165) is 50.3 Å². The highest BCUT2D eigenvalue weighted by atomic mass is 32.2. The summed E-state index contributed by atoms with van der Waals surface area (Å²) >= 11 is 1.83. The van der Waals surface area contributed by atoms with E-state index in [-0.39, 0.29) is 23.3 Å². The lowest BCUT2D eigenvalue weighted by Crippen LogP contribution is -2.33. The molecule has 0 radical (unpaired) electrons. The minimum absolute atomic E-state index is 0.174. The van der Waals surface area contributed by atoms with Crippen molar-refractivity contribution in [3.63, 3.8) is 0 Å². The smallest absolute Gasteiger partial charge is 0.418 e. The number of halogens is 3. The number of amides is 3. The first-order valence-electron chi connectivity index (χ1n) is 15.7. The Balaban J connectivity index is 1.39. The van der Waals surface area contributed by atoms with Crippen molar-refractivity contribution in [1.29, 1.82) is 0 Å². The van der Waals surface area contributed by atoms with E-state index in [2.05, 4.69) is 26.1 Å². The number of imide groups is 1. The van der Waals surface area contributed by atoms with Crippen molar-refractivity contribution < 1.29 is 37.1 Å². The molecular formula is C36H32F3N3O6S2. The minimum Gasteiger partial charge on any atom is -0.462 e. The number of benzene rings is 3. The van der Waals surface area contributed by atoms with E-state index >= 15 is 0 Å². The van der Waals surface area contributed by atoms with Crippen LogP contribution in [0, 0.1) is 5.92 Å². The van der Waals surface area contributed by atoms with Gasteiger partial charge in [-0.1, -0.05) is 80.3 Å². The van der Waals surface area contributed by atoms with Crippen LogP contribution in [0.25, 0.3) is 0 Å². The zero-order valence-corrected chi connectivity index (χ0v) is 29.0. The first kappa shape index (κ1) is 35.1. The summed E-state index contributed by atoms with van der Waals surface area (Å²) in [6.07, 6.45) is -4.72. The molecule has 0 unspecified atom stereocenters. The second kappa shape index (κ2) is 13.2. The summed E-state index contributed by atoms with van der Waals surface area (Å²) in [7, 11) is 0. The van der Waals surface area contributed by atoms with Crippen molar-refractivity contribution >= 4 is 58.2 Å². The van der Waals surface area contributed by atoms with Gasteiger partial charge >= 0.3 is 17.0 Å². The van der Waals surface area contributed by atoms with Crippen LogP contribution < -0.4 is 15.1 Å². The third-order valence-corrected chi connectivity index (χ3v) is 11.2. The number of esters is 1. The number of alkyl halides is 3. The number of ether oxygens (including phenoxy) is 1. The van der Waals surface area contributed by atoms with Gasteiger partial charge in [-0.15, -0.1) is 0 Å². The normalized spacial score (nSPS) is 18.9. The van der Waals surface area contributed by atoms with E-state index < -0.39 is 69.6 Å². The van der Waals surface area contributed by atoms with E-state index in [1.165, 1.54) is 36.4 Å². The zero-order valence-electron chi connectivity index (χ0n) is 27.4. The highest BCUT2D eigenvalue weighted by Gasteiger charge is 2.57. The van der Waals surface area contributed by atoms with Gasteiger partial charge in [0.2, 0.25) is 17.7 Å². The lowest BCUT2D eigenvalue weighted by atomic mass is 9.81. The van der Waals surface area contributed by atoms with Crippen LogP contribution in [-0.4, -0.2) is 40.1 Å². The molecule has 1 fully saturated rings. The van der Waals surface area contributed by atoms with Gasteiger partial charge in [0.25, 0.3) is 0 Å². The summed E-state index contributed by atoms with van der Waals surface area (Å²) < 4.78 is 47.0. The van der Waals surface area contributed by atoms with Crippen LogP contribution >= 0.6 is 23.1 Å². The number of hydrogen-bond acceptors (Lipinski definition) is 8. The summed E-state index contributed by atoms with van der Waals surface area (Å²) in [5, 5.41) is 1.59. The Hall–Kier alpha value is -4.69. The Bertz CT molecular complexity index is 2050. The van der Waals surface area contributed by atoms with E-state index in [1.807, 2.05) is 24.3 Å². The second-order valence-corrected chi connectivity index (χ2v) is 15.0. The largest absolute Gasteiger partial charge is 0.462 e. The number of para-hydroxylation sites is 1. The summed E-state index contributed by atoms with van der Waals surface area (Å²) in [5.41, 5.74) is 0.567. The second-order valence-electron chi connectivity index (χ2n) is 12.9. The maximum Gasteiger partial charge on any atom is 0.418 e. The van der Waals surface area contributed by atoms with Crippen molar-refractivity contribution in [3.8, 4) is 0 Å². The van der Waals surface area contributed by atoms with Crippen LogP contribution in [0.1, 0.15) is 65.5 Å². The first-order valence-corrected chi connectivity index (χ1v) is 17.4. The summed E-state index contributed by atoms with van der Waals surface area (Å²) in [4.78, 5) is 68.2. The molecule has 0 aliphatic carbocycles. The Morgan fingerprint density at radius 2 is 1.56 bits per heavy atom. The quantitative estimate of drug-likeness (QED) is 0.164. The lowest BCUT2D eigenvalue weighted by molar-refractivity contribution is -0.137. The lowest BCUT2D eigenvalue weighted by Gasteiger charge is -2.31. The predicted octanol–water partition coefficient (Wildman–Crippen LogP) is 6.84. The molecule has 3 atom stereocenters. The van der Waals surface area contributed by atoms with Gasteiger partial charge in [-0.2, -0.15) is 13.2 Å². The van der Waals surface area contributed by atoms with E-state index in [0.29, 0.717) is 15.5 Å². The molecule has 4 aromatic rings. The molecule has 50 heavy (non-hydrogen) atoms. The Morgan fingerprint density at radius 3 is 2.18 bits per heavy atom. The van der Waals surface area contributed by atoms with Crippen LogP contribution in [0.3, 0.4) is 0 Å². The number of thioether (sulfide) groups is 1. The molecule has 3 aromatic carbocycles. The summed E-state index contributed by atoms with van der Waals surface area (Å²) in [6.45, 7) is 7.42. The zero-order chi connectivity index (χ0) is 36.1. The number of fused-ring (bicyclic) bond motifs is 2. The fourth-order valence-corrected chi connectivity index (χ4v) is 8.97. The SMILES string of the molecule is CCOC(=O)c1ccc(N2C(=O)[C@H]3[C@H](c4ccc(C(C)(C)C)cc4)c4sc(=O)n(CC(=O)Nc5ccccc5C(F)(F)F)c4S[C@H]3C2=O)cc1. The molecule has 9 nitrogen and oxygen atoms in total. The standard InChI is InChI=1S/C36H32F3N3O6S2/c1-5-48-33(46)20-12-16-22(17-13-20)42-30(44)27-26(19-10-14-21(15-11-19)35(2,3)4)29-32(49-28(27)31(42)45)41(34(47)50-29)18-25(43)40-24-9-7-6-8-23(24)36(37,38)39/h6-17,26-28H,5,18H2,1-4H3,(H,40,43)/t26-,27-,28+/m0/s1. The minimum atomic E-state index is -4.72. The molecular weight excluding hydrogens is 692 g/mol. The fraction of sp³-hybridized carbons (Fsp3) is 0.306. The van der Waals surface area contributed by atoms with Gasteiger partial charge in [0.1, 0.15) is 11.8 Å². The molecule has 3 heterocycles. The number of hydrogen-bond donors (Lipinski definition) is 1. The van der Waals surface area contributed by atoms with Crippen LogP contribution in [-0.2, 0) is 37.3 Å². The third-order valence-electron chi connectivity index (χ3n) is 8.63. The van der Waals surface area contributed by atoms with Crippen molar-refractivity contribution in [2.75, 3.05) is 16.8 Å². The number of anilines is 2. The maximum atomic E-state index is 14.2.